The second-order valence-electron chi connectivity index (χ2n) is 7.08. The van der Waals surface area contributed by atoms with Crippen LogP contribution in [0.1, 0.15) is 30.4 Å². The van der Waals surface area contributed by atoms with Crippen molar-refractivity contribution in [2.75, 3.05) is 34.2 Å². The van der Waals surface area contributed by atoms with Gasteiger partial charge in [0.1, 0.15) is 0 Å². The summed E-state index contributed by atoms with van der Waals surface area (Å²) >= 11 is 0. The zero-order valence-corrected chi connectivity index (χ0v) is 18.4. The first kappa shape index (κ1) is 22.7. The fourth-order valence-corrected chi connectivity index (χ4v) is 3.43. The van der Waals surface area contributed by atoms with E-state index in [1.54, 1.807) is 0 Å². The van der Waals surface area contributed by atoms with Crippen molar-refractivity contribution >= 4 is 35.8 Å². The molecule has 1 fully saturated rings. The van der Waals surface area contributed by atoms with E-state index in [0.717, 1.165) is 45.0 Å². The maximum Gasteiger partial charge on any atom is 0.217 e. The zero-order chi connectivity index (χ0) is 18.2. The van der Waals surface area contributed by atoms with E-state index in [2.05, 4.69) is 58.5 Å². The summed E-state index contributed by atoms with van der Waals surface area (Å²) in [7, 11) is 5.96. The number of halogens is 1. The molecular formula is C19H32IN5O. The third-order valence-electron chi connectivity index (χ3n) is 4.46. The Bertz CT molecular complexity index is 605. The Morgan fingerprint density at radius 2 is 2.12 bits per heavy atom. The molecule has 1 atom stereocenters. The van der Waals surface area contributed by atoms with E-state index in [-0.39, 0.29) is 29.9 Å². The molecule has 0 saturated carbocycles. The minimum Gasteiger partial charge on any atom is -0.370 e. The Morgan fingerprint density at radius 3 is 2.77 bits per heavy atom. The van der Waals surface area contributed by atoms with Gasteiger partial charge in [0.25, 0.3) is 0 Å². The van der Waals surface area contributed by atoms with Crippen LogP contribution in [0.25, 0.3) is 0 Å². The van der Waals surface area contributed by atoms with Gasteiger partial charge in [-0.3, -0.25) is 9.79 Å². The van der Waals surface area contributed by atoms with Gasteiger partial charge in [0.2, 0.25) is 5.91 Å². The number of benzene rings is 1. The number of nitrogens with zero attached hydrogens (tertiary/aromatic N) is 3. The van der Waals surface area contributed by atoms with E-state index in [1.165, 1.54) is 11.1 Å². The molecule has 0 radical (unpaired) electrons. The smallest absolute Gasteiger partial charge is 0.217 e. The summed E-state index contributed by atoms with van der Waals surface area (Å²) in [6.45, 7) is 3.48. The third kappa shape index (κ3) is 7.49. The number of rotatable bonds is 6. The first-order valence-electron chi connectivity index (χ1n) is 8.94. The Kier molecular flexibility index (Phi) is 9.93. The fourth-order valence-electron chi connectivity index (χ4n) is 3.43. The van der Waals surface area contributed by atoms with Crippen molar-refractivity contribution in [3.05, 3.63) is 35.4 Å². The lowest BCUT2D eigenvalue weighted by Gasteiger charge is -2.34. The fraction of sp³-hybridized carbons (Fsp3) is 0.579. The highest BCUT2D eigenvalue weighted by Crippen LogP contribution is 2.19. The van der Waals surface area contributed by atoms with E-state index < -0.39 is 0 Å². The van der Waals surface area contributed by atoms with Crippen molar-refractivity contribution in [3.8, 4) is 0 Å². The largest absolute Gasteiger partial charge is 0.370 e. The van der Waals surface area contributed by atoms with Crippen LogP contribution in [0.4, 0.5) is 0 Å². The van der Waals surface area contributed by atoms with Crippen molar-refractivity contribution in [3.63, 3.8) is 0 Å². The molecule has 1 amide bonds. The van der Waals surface area contributed by atoms with Crippen LogP contribution in [0.15, 0.2) is 29.3 Å². The highest BCUT2D eigenvalue weighted by atomic mass is 127. The van der Waals surface area contributed by atoms with Crippen LogP contribution in [0.2, 0.25) is 0 Å². The Hall–Kier alpha value is -1.35. The lowest BCUT2D eigenvalue weighted by atomic mass is 9.95. The van der Waals surface area contributed by atoms with Gasteiger partial charge in [0.15, 0.2) is 5.96 Å². The molecule has 1 aromatic carbocycles. The maximum atomic E-state index is 11.2. The van der Waals surface area contributed by atoms with Crippen LogP contribution in [-0.2, 0) is 17.9 Å². The second kappa shape index (κ2) is 11.4. The standard InChI is InChI=1S/C19H31N5O.HI/c1-21-19(24-9-5-8-17(14-24)11-18(20)25)22-12-15-6-4-7-16(10-15)13-23(2)3;/h4,6-7,10,17H,5,8-9,11-14H2,1-3H3,(H2,20,25)(H,21,22);1H. The van der Waals surface area contributed by atoms with Crippen LogP contribution >= 0.6 is 24.0 Å². The number of carbonyl (C=O) groups is 1. The predicted octanol–water partition coefficient (Wildman–Crippen LogP) is 2.03. The molecule has 0 bridgehead atoms. The van der Waals surface area contributed by atoms with Gasteiger partial charge < -0.3 is 20.9 Å². The number of piperidine rings is 1. The average molecular weight is 473 g/mol. The van der Waals surface area contributed by atoms with E-state index >= 15 is 0 Å². The number of carbonyl (C=O) groups excluding carboxylic acids is 1. The second-order valence-corrected chi connectivity index (χ2v) is 7.08. The first-order chi connectivity index (χ1) is 12.0. The summed E-state index contributed by atoms with van der Waals surface area (Å²) in [4.78, 5) is 20.0. The molecule has 7 heteroatoms. The summed E-state index contributed by atoms with van der Waals surface area (Å²) in [5, 5.41) is 3.46. The summed E-state index contributed by atoms with van der Waals surface area (Å²) in [6, 6.07) is 8.61. The molecule has 1 unspecified atom stereocenters. The summed E-state index contributed by atoms with van der Waals surface area (Å²) in [5.74, 6) is 1.01. The number of likely N-dealkylation sites (tertiary alicyclic amines) is 1. The molecule has 3 N–H and O–H groups in total. The van der Waals surface area contributed by atoms with Crippen molar-refractivity contribution < 1.29 is 4.79 Å². The van der Waals surface area contributed by atoms with Gasteiger partial charge in [0.05, 0.1) is 0 Å². The summed E-state index contributed by atoms with van der Waals surface area (Å²) < 4.78 is 0. The number of hydrogen-bond donors (Lipinski definition) is 2. The van der Waals surface area contributed by atoms with Crippen molar-refractivity contribution in [1.82, 2.24) is 15.1 Å². The molecule has 1 aromatic rings. The monoisotopic (exact) mass is 473 g/mol. The Morgan fingerprint density at radius 1 is 1.38 bits per heavy atom. The Balaban J connectivity index is 0.00000338. The van der Waals surface area contributed by atoms with Gasteiger partial charge in [0, 0.05) is 39.6 Å². The van der Waals surface area contributed by atoms with Crippen molar-refractivity contribution in [2.45, 2.75) is 32.4 Å². The molecule has 1 saturated heterocycles. The first-order valence-corrected chi connectivity index (χ1v) is 8.94. The zero-order valence-electron chi connectivity index (χ0n) is 16.1. The average Bonchev–Trinajstić information content (AvgIpc) is 2.55. The van der Waals surface area contributed by atoms with Crippen molar-refractivity contribution in [2.24, 2.45) is 16.6 Å². The molecular weight excluding hydrogens is 441 g/mol. The molecule has 1 heterocycles. The molecule has 0 aromatic heterocycles. The molecule has 1 aliphatic rings. The molecule has 1 aliphatic heterocycles. The Labute approximate surface area is 174 Å². The third-order valence-corrected chi connectivity index (χ3v) is 4.46. The number of hydrogen-bond acceptors (Lipinski definition) is 3. The van der Waals surface area contributed by atoms with Crippen LogP contribution in [0.5, 0.6) is 0 Å². The quantitative estimate of drug-likeness (QED) is 0.377. The van der Waals surface area contributed by atoms with Crippen LogP contribution < -0.4 is 11.1 Å². The topological polar surface area (TPSA) is 74.0 Å². The number of amides is 1. The van der Waals surface area contributed by atoms with Crippen molar-refractivity contribution in [1.29, 1.82) is 0 Å². The minimum atomic E-state index is -0.215. The number of nitrogens with one attached hydrogen (secondary N) is 1. The van der Waals surface area contributed by atoms with Gasteiger partial charge >= 0.3 is 0 Å². The minimum absolute atomic E-state index is 0. The normalized spacial score (nSPS) is 17.8. The molecule has 0 spiro atoms. The van der Waals surface area contributed by atoms with Gasteiger partial charge in [-0.15, -0.1) is 24.0 Å². The van der Waals surface area contributed by atoms with Gasteiger partial charge in [-0.2, -0.15) is 0 Å². The lowest BCUT2D eigenvalue weighted by molar-refractivity contribution is -0.119. The highest BCUT2D eigenvalue weighted by molar-refractivity contribution is 14.0. The van der Waals surface area contributed by atoms with Crippen LogP contribution in [-0.4, -0.2) is 55.9 Å². The number of aliphatic imine (C=N–C) groups is 1. The van der Waals surface area contributed by atoms with E-state index in [0.29, 0.717) is 12.3 Å². The number of primary amides is 1. The van der Waals surface area contributed by atoms with E-state index in [9.17, 15) is 4.79 Å². The molecule has 26 heavy (non-hydrogen) atoms. The maximum absolute atomic E-state index is 11.2. The van der Waals surface area contributed by atoms with E-state index in [1.807, 2.05) is 7.05 Å². The van der Waals surface area contributed by atoms with E-state index in [4.69, 9.17) is 5.73 Å². The number of nitrogens with two attached hydrogens (primary N) is 1. The predicted molar refractivity (Wildman–Crippen MR) is 118 cm³/mol. The van der Waals surface area contributed by atoms with Gasteiger partial charge in [-0.05, 0) is 44.0 Å². The molecule has 146 valence electrons. The number of guanidine groups is 1. The summed E-state index contributed by atoms with van der Waals surface area (Å²) in [5.41, 5.74) is 7.90. The SMILES string of the molecule is CN=C(NCc1cccc(CN(C)C)c1)N1CCCC(CC(N)=O)C1.I. The highest BCUT2D eigenvalue weighted by Gasteiger charge is 2.23. The van der Waals surface area contributed by atoms with Gasteiger partial charge in [-0.25, -0.2) is 0 Å². The van der Waals surface area contributed by atoms with Crippen LogP contribution in [0, 0.1) is 5.92 Å². The van der Waals surface area contributed by atoms with Gasteiger partial charge in [-0.1, -0.05) is 24.3 Å². The lowest BCUT2D eigenvalue weighted by Crippen LogP contribution is -2.46. The van der Waals surface area contributed by atoms with Crippen LogP contribution in [0.3, 0.4) is 0 Å². The summed E-state index contributed by atoms with van der Waals surface area (Å²) in [6.07, 6.45) is 2.58. The molecule has 0 aliphatic carbocycles. The molecule has 6 nitrogen and oxygen atoms in total. The molecule has 2 rings (SSSR count).